The lowest BCUT2D eigenvalue weighted by atomic mass is 9.93. The fourth-order valence-corrected chi connectivity index (χ4v) is 3.47. The number of halogens is 3. The number of aromatic nitrogens is 1. The lowest BCUT2D eigenvalue weighted by Gasteiger charge is -2.32. The van der Waals surface area contributed by atoms with Crippen LogP contribution in [0.4, 0.5) is 0 Å². The zero-order chi connectivity index (χ0) is 16.2. The van der Waals surface area contributed by atoms with Crippen molar-refractivity contribution in [2.24, 2.45) is 5.92 Å². The number of hydrogen-bond donors (Lipinski definition) is 1. The van der Waals surface area contributed by atoms with E-state index in [9.17, 15) is 4.79 Å². The zero-order valence-electron chi connectivity index (χ0n) is 14.2. The summed E-state index contributed by atoms with van der Waals surface area (Å²) in [6, 6.07) is 7.34. The average Bonchev–Trinajstić information content (AvgIpc) is 2.60. The van der Waals surface area contributed by atoms with Crippen molar-refractivity contribution in [2.45, 2.75) is 19.3 Å². The number of hydrogen-bond acceptors (Lipinski definition) is 3. The third kappa shape index (κ3) is 4.98. The first-order valence-electron chi connectivity index (χ1n) is 8.18. The Hall–Kier alpha value is -1.07. The summed E-state index contributed by atoms with van der Waals surface area (Å²) in [5, 5.41) is 4.67. The minimum atomic E-state index is 0. The maximum atomic E-state index is 12.9. The van der Waals surface area contributed by atoms with E-state index in [1.165, 1.54) is 6.42 Å². The minimum Gasteiger partial charge on any atom is -0.339 e. The average molecular weight is 405 g/mol. The molecule has 1 aliphatic rings. The Balaban J connectivity index is 0.00000156. The van der Waals surface area contributed by atoms with Crippen molar-refractivity contribution in [3.63, 3.8) is 0 Å². The van der Waals surface area contributed by atoms with Gasteiger partial charge in [0.15, 0.2) is 0 Å². The van der Waals surface area contributed by atoms with Crippen LogP contribution < -0.4 is 5.32 Å². The molecule has 1 fully saturated rings. The van der Waals surface area contributed by atoms with Crippen LogP contribution in [0.5, 0.6) is 0 Å². The van der Waals surface area contributed by atoms with Gasteiger partial charge in [0.2, 0.25) is 0 Å². The highest BCUT2D eigenvalue weighted by atomic mass is 35.5. The van der Waals surface area contributed by atoms with E-state index in [0.29, 0.717) is 22.0 Å². The van der Waals surface area contributed by atoms with Crippen molar-refractivity contribution in [2.75, 3.05) is 26.7 Å². The van der Waals surface area contributed by atoms with Gasteiger partial charge in [-0.1, -0.05) is 11.6 Å². The Bertz CT molecular complexity index is 703. The van der Waals surface area contributed by atoms with E-state index < -0.39 is 0 Å². The molecule has 0 unspecified atom stereocenters. The quantitative estimate of drug-likeness (QED) is 0.831. The summed E-state index contributed by atoms with van der Waals surface area (Å²) in [7, 11) is 1.98. The molecule has 0 atom stereocenters. The van der Waals surface area contributed by atoms with E-state index in [2.05, 4.69) is 10.3 Å². The molecule has 1 saturated heterocycles. The van der Waals surface area contributed by atoms with Crippen molar-refractivity contribution in [3.05, 3.63) is 41.0 Å². The lowest BCUT2D eigenvalue weighted by molar-refractivity contribution is 0.0689. The van der Waals surface area contributed by atoms with Gasteiger partial charge in [-0.25, -0.2) is 0 Å². The fraction of sp³-hybridized carbons (Fsp3) is 0.444. The summed E-state index contributed by atoms with van der Waals surface area (Å²) < 4.78 is 0. The molecule has 2 heterocycles. The van der Waals surface area contributed by atoms with E-state index in [-0.39, 0.29) is 30.7 Å². The predicted molar refractivity (Wildman–Crippen MR) is 108 cm³/mol. The summed E-state index contributed by atoms with van der Waals surface area (Å²) in [4.78, 5) is 19.2. The van der Waals surface area contributed by atoms with Crippen molar-refractivity contribution in [3.8, 4) is 0 Å². The van der Waals surface area contributed by atoms with Gasteiger partial charge < -0.3 is 10.2 Å². The Kier molecular flexibility index (Phi) is 8.94. The highest BCUT2D eigenvalue weighted by molar-refractivity contribution is 6.36. The van der Waals surface area contributed by atoms with Crippen LogP contribution >= 0.6 is 36.4 Å². The lowest BCUT2D eigenvalue weighted by Crippen LogP contribution is -2.39. The highest BCUT2D eigenvalue weighted by Crippen LogP contribution is 2.27. The Morgan fingerprint density at radius 1 is 1.28 bits per heavy atom. The van der Waals surface area contributed by atoms with Crippen LogP contribution in [-0.4, -0.2) is 42.5 Å². The molecule has 0 spiro atoms. The van der Waals surface area contributed by atoms with E-state index in [1.54, 1.807) is 18.3 Å². The summed E-state index contributed by atoms with van der Waals surface area (Å²) in [5.74, 6) is 0.782. The monoisotopic (exact) mass is 403 g/mol. The third-order valence-electron chi connectivity index (χ3n) is 4.65. The molecule has 4 nitrogen and oxygen atoms in total. The first-order valence-corrected chi connectivity index (χ1v) is 8.55. The number of carbonyl (C=O) groups is 1. The highest BCUT2D eigenvalue weighted by Gasteiger charge is 2.25. The van der Waals surface area contributed by atoms with Gasteiger partial charge in [-0.3, -0.25) is 9.78 Å². The summed E-state index contributed by atoms with van der Waals surface area (Å²) >= 11 is 6.22. The van der Waals surface area contributed by atoms with Crippen molar-refractivity contribution >= 4 is 53.2 Å². The molecule has 0 bridgehead atoms. The number of nitrogens with one attached hydrogen (secondary N) is 1. The number of likely N-dealkylation sites (tertiary alicyclic amines) is 1. The van der Waals surface area contributed by atoms with Gasteiger partial charge in [-0.2, -0.15) is 0 Å². The van der Waals surface area contributed by atoms with Crippen LogP contribution in [0.15, 0.2) is 30.5 Å². The molecule has 1 amide bonds. The van der Waals surface area contributed by atoms with Crippen LogP contribution in [0.1, 0.15) is 29.6 Å². The third-order valence-corrected chi connectivity index (χ3v) is 4.98. The van der Waals surface area contributed by atoms with Gasteiger partial charge in [-0.15, -0.1) is 24.8 Å². The molecule has 0 radical (unpaired) electrons. The molecule has 3 rings (SSSR count). The Morgan fingerprint density at radius 3 is 2.68 bits per heavy atom. The molecule has 2 aromatic rings. The number of carbonyl (C=O) groups excluding carboxylic acids is 1. The fourth-order valence-electron chi connectivity index (χ4n) is 3.25. The van der Waals surface area contributed by atoms with Crippen LogP contribution in [0, 0.1) is 5.92 Å². The number of amides is 1. The number of rotatable bonds is 4. The molecule has 0 aliphatic carbocycles. The number of fused-ring (bicyclic) bond motifs is 1. The van der Waals surface area contributed by atoms with Crippen LogP contribution in [0.2, 0.25) is 5.02 Å². The summed E-state index contributed by atoms with van der Waals surface area (Å²) in [5.41, 5.74) is 1.35. The van der Waals surface area contributed by atoms with Crippen LogP contribution in [-0.2, 0) is 0 Å². The van der Waals surface area contributed by atoms with Gasteiger partial charge in [0, 0.05) is 24.7 Å². The first-order chi connectivity index (χ1) is 11.2. The van der Waals surface area contributed by atoms with Crippen molar-refractivity contribution < 1.29 is 4.79 Å². The van der Waals surface area contributed by atoms with Crippen LogP contribution in [0.25, 0.3) is 10.9 Å². The molecule has 25 heavy (non-hydrogen) atoms. The molecule has 138 valence electrons. The van der Waals surface area contributed by atoms with Gasteiger partial charge in [0.1, 0.15) is 0 Å². The Labute approximate surface area is 166 Å². The van der Waals surface area contributed by atoms with Gasteiger partial charge in [-0.05, 0) is 63.0 Å². The smallest absolute Gasteiger partial charge is 0.256 e. The van der Waals surface area contributed by atoms with Crippen molar-refractivity contribution in [1.29, 1.82) is 0 Å². The van der Waals surface area contributed by atoms with E-state index in [0.717, 1.165) is 37.9 Å². The van der Waals surface area contributed by atoms with Gasteiger partial charge in [0.25, 0.3) is 5.91 Å². The molecule has 1 aromatic heterocycles. The minimum absolute atomic E-state index is 0. The largest absolute Gasteiger partial charge is 0.339 e. The SMILES string of the molecule is CNCCC1CCN(C(=O)c2ccc(Cl)c3cccnc23)CC1.Cl.Cl. The van der Waals surface area contributed by atoms with Crippen LogP contribution in [0.3, 0.4) is 0 Å². The second kappa shape index (κ2) is 10.2. The molecule has 0 saturated carbocycles. The second-order valence-electron chi connectivity index (χ2n) is 6.12. The number of benzene rings is 1. The summed E-state index contributed by atoms with van der Waals surface area (Å²) in [6.07, 6.45) is 5.04. The first kappa shape index (κ1) is 22.0. The topological polar surface area (TPSA) is 45.2 Å². The summed E-state index contributed by atoms with van der Waals surface area (Å²) in [6.45, 7) is 2.69. The maximum absolute atomic E-state index is 12.9. The molecule has 7 heteroatoms. The predicted octanol–water partition coefficient (Wildman–Crippen LogP) is 4.19. The van der Waals surface area contributed by atoms with E-state index in [4.69, 9.17) is 11.6 Å². The molecular weight excluding hydrogens is 381 g/mol. The number of pyridine rings is 1. The molecule has 1 aromatic carbocycles. The maximum Gasteiger partial charge on any atom is 0.256 e. The van der Waals surface area contributed by atoms with Crippen molar-refractivity contribution in [1.82, 2.24) is 15.2 Å². The van der Waals surface area contributed by atoms with Gasteiger partial charge in [0.05, 0.1) is 16.1 Å². The van der Waals surface area contributed by atoms with E-state index >= 15 is 0 Å². The number of piperidine rings is 1. The number of nitrogens with zero attached hydrogens (tertiary/aromatic N) is 2. The standard InChI is InChI=1S/C18H22ClN3O.2ClH/c1-20-10-6-13-7-11-22(12-8-13)18(23)15-4-5-16(19)14-3-2-9-21-17(14)15;;/h2-5,9,13,20H,6-8,10-12H2,1H3;2*1H. The zero-order valence-corrected chi connectivity index (χ0v) is 16.6. The Morgan fingerprint density at radius 2 is 2.00 bits per heavy atom. The van der Waals surface area contributed by atoms with Gasteiger partial charge >= 0.3 is 0 Å². The molecule has 1 N–H and O–H groups in total. The molecular formula is C18H24Cl3N3O. The second-order valence-corrected chi connectivity index (χ2v) is 6.53. The molecule has 1 aliphatic heterocycles. The van der Waals surface area contributed by atoms with E-state index in [1.807, 2.05) is 24.1 Å². The normalized spacial score (nSPS) is 14.7.